The van der Waals surface area contributed by atoms with Crippen molar-refractivity contribution >= 4 is 23.2 Å². The number of hydrogen-bond acceptors (Lipinski definition) is 3. The third kappa shape index (κ3) is 3.16. The van der Waals surface area contributed by atoms with Crippen LogP contribution in [0.15, 0.2) is 12.1 Å². The van der Waals surface area contributed by atoms with E-state index in [2.05, 4.69) is 18.7 Å². The molecular weight excluding hydrogens is 283 g/mol. The average molecular weight is 303 g/mol. The maximum atomic E-state index is 6.36. The molecule has 1 heterocycles. The molecule has 5 heteroatoms. The van der Waals surface area contributed by atoms with Gasteiger partial charge in [0, 0.05) is 29.1 Å². The number of fused-ring (bicyclic) bond motifs is 1. The molecule has 2 atom stereocenters. The molecule has 0 bridgehead atoms. The Balaban J connectivity index is 2.21. The van der Waals surface area contributed by atoms with Gasteiger partial charge in [0.2, 0.25) is 0 Å². The summed E-state index contributed by atoms with van der Waals surface area (Å²) in [6.45, 7) is 7.87. The molecule has 0 aliphatic carbocycles. The van der Waals surface area contributed by atoms with Gasteiger partial charge in [-0.1, -0.05) is 37.0 Å². The van der Waals surface area contributed by atoms with Crippen LogP contribution < -0.4 is 10.5 Å². The number of ether oxygens (including phenoxy) is 1. The van der Waals surface area contributed by atoms with Crippen molar-refractivity contribution < 1.29 is 4.74 Å². The molecule has 1 aromatic carbocycles. The van der Waals surface area contributed by atoms with E-state index in [0.717, 1.165) is 25.2 Å². The Labute approximate surface area is 124 Å². The van der Waals surface area contributed by atoms with Gasteiger partial charge in [-0.2, -0.15) is 0 Å². The first-order valence-corrected chi connectivity index (χ1v) is 7.42. The number of nitrogens with zero attached hydrogens (tertiary/aromatic N) is 1. The minimum atomic E-state index is -0.0828. The van der Waals surface area contributed by atoms with E-state index < -0.39 is 0 Å². The van der Waals surface area contributed by atoms with E-state index in [-0.39, 0.29) is 12.0 Å². The first-order valence-electron chi connectivity index (χ1n) is 6.66. The average Bonchev–Trinajstić information content (AvgIpc) is 2.39. The second-order valence-electron chi connectivity index (χ2n) is 4.89. The fraction of sp³-hybridized carbons (Fsp3) is 0.571. The molecule has 1 aliphatic rings. The van der Waals surface area contributed by atoms with Crippen molar-refractivity contribution in [3.63, 3.8) is 0 Å². The number of hydrogen-bond donors (Lipinski definition) is 1. The van der Waals surface area contributed by atoms with Crippen LogP contribution in [0.3, 0.4) is 0 Å². The van der Waals surface area contributed by atoms with Crippen molar-refractivity contribution in [2.24, 2.45) is 11.7 Å². The van der Waals surface area contributed by atoms with Crippen LogP contribution >= 0.6 is 23.2 Å². The Morgan fingerprint density at radius 1 is 1.32 bits per heavy atom. The lowest BCUT2D eigenvalue weighted by Crippen LogP contribution is -2.40. The third-order valence-corrected chi connectivity index (χ3v) is 4.23. The topological polar surface area (TPSA) is 38.5 Å². The van der Waals surface area contributed by atoms with Gasteiger partial charge in [0.15, 0.2) is 0 Å². The Morgan fingerprint density at radius 3 is 2.63 bits per heavy atom. The van der Waals surface area contributed by atoms with Gasteiger partial charge in [-0.15, -0.1) is 0 Å². The van der Waals surface area contributed by atoms with Gasteiger partial charge < -0.3 is 15.4 Å². The van der Waals surface area contributed by atoms with Crippen LogP contribution in [0, 0.1) is 5.92 Å². The molecule has 0 amide bonds. The number of rotatable bonds is 4. The second kappa shape index (κ2) is 6.31. The molecule has 0 radical (unpaired) electrons. The number of nitrogens with two attached hydrogens (primary N) is 1. The van der Waals surface area contributed by atoms with Crippen molar-refractivity contribution in [2.75, 3.05) is 26.2 Å². The molecule has 2 unspecified atom stereocenters. The molecule has 2 N–H and O–H groups in total. The van der Waals surface area contributed by atoms with Gasteiger partial charge >= 0.3 is 0 Å². The Kier molecular flexibility index (Phi) is 4.96. The third-order valence-electron chi connectivity index (χ3n) is 3.73. The van der Waals surface area contributed by atoms with Crippen LogP contribution in [0.2, 0.25) is 10.0 Å². The molecule has 1 aliphatic heterocycles. The highest BCUT2D eigenvalue weighted by Crippen LogP contribution is 2.41. The highest BCUT2D eigenvalue weighted by molar-refractivity contribution is 6.35. The lowest BCUT2D eigenvalue weighted by Gasteiger charge is -2.34. The van der Waals surface area contributed by atoms with E-state index in [1.165, 1.54) is 0 Å². The van der Waals surface area contributed by atoms with Crippen molar-refractivity contribution in [3.05, 3.63) is 27.7 Å². The SMILES string of the molecule is CCN(CC)CC1COc2c(Cl)cc(Cl)cc2C1N. The molecule has 0 saturated heterocycles. The first kappa shape index (κ1) is 14.9. The maximum Gasteiger partial charge on any atom is 0.142 e. The molecule has 1 aromatic rings. The van der Waals surface area contributed by atoms with Crippen molar-refractivity contribution in [3.8, 4) is 5.75 Å². The van der Waals surface area contributed by atoms with Crippen LogP contribution in [0.1, 0.15) is 25.5 Å². The summed E-state index contributed by atoms with van der Waals surface area (Å²) in [6.07, 6.45) is 0. The van der Waals surface area contributed by atoms with Crippen LogP contribution in [0.4, 0.5) is 0 Å². The molecule has 2 rings (SSSR count). The zero-order chi connectivity index (χ0) is 14.0. The van der Waals surface area contributed by atoms with E-state index in [0.29, 0.717) is 22.4 Å². The van der Waals surface area contributed by atoms with Gasteiger partial charge in [0.25, 0.3) is 0 Å². The Morgan fingerprint density at radius 2 is 2.00 bits per heavy atom. The summed E-state index contributed by atoms with van der Waals surface area (Å²) in [4.78, 5) is 2.35. The van der Waals surface area contributed by atoms with Gasteiger partial charge in [-0.05, 0) is 25.2 Å². The summed E-state index contributed by atoms with van der Waals surface area (Å²) in [6, 6.07) is 3.47. The largest absolute Gasteiger partial charge is 0.491 e. The van der Waals surface area contributed by atoms with Crippen LogP contribution in [0.25, 0.3) is 0 Å². The van der Waals surface area contributed by atoms with Crippen LogP contribution in [-0.4, -0.2) is 31.1 Å². The maximum absolute atomic E-state index is 6.36. The van der Waals surface area contributed by atoms with Crippen molar-refractivity contribution in [1.82, 2.24) is 4.90 Å². The smallest absolute Gasteiger partial charge is 0.142 e. The Hall–Kier alpha value is -0.480. The fourth-order valence-electron chi connectivity index (χ4n) is 2.51. The highest BCUT2D eigenvalue weighted by atomic mass is 35.5. The predicted molar refractivity (Wildman–Crippen MR) is 80.2 cm³/mol. The molecule has 0 aromatic heterocycles. The van der Waals surface area contributed by atoms with Gasteiger partial charge in [0.1, 0.15) is 5.75 Å². The Bertz CT molecular complexity index is 449. The van der Waals surface area contributed by atoms with Gasteiger partial charge in [0.05, 0.1) is 11.6 Å². The van der Waals surface area contributed by atoms with Crippen molar-refractivity contribution in [2.45, 2.75) is 19.9 Å². The summed E-state index contributed by atoms with van der Waals surface area (Å²) in [5.74, 6) is 0.955. The lowest BCUT2D eigenvalue weighted by molar-refractivity contribution is 0.144. The zero-order valence-electron chi connectivity index (χ0n) is 11.3. The second-order valence-corrected chi connectivity index (χ2v) is 5.73. The predicted octanol–water partition coefficient (Wildman–Crippen LogP) is 3.34. The molecule has 19 heavy (non-hydrogen) atoms. The summed E-state index contributed by atoms with van der Waals surface area (Å²) >= 11 is 12.2. The van der Waals surface area contributed by atoms with E-state index in [4.69, 9.17) is 33.7 Å². The molecule has 106 valence electrons. The minimum Gasteiger partial charge on any atom is -0.491 e. The van der Waals surface area contributed by atoms with E-state index >= 15 is 0 Å². The van der Waals surface area contributed by atoms with Crippen molar-refractivity contribution in [1.29, 1.82) is 0 Å². The lowest BCUT2D eigenvalue weighted by atomic mass is 9.91. The normalized spacial score (nSPS) is 22.2. The molecule has 0 fully saturated rings. The minimum absolute atomic E-state index is 0.0828. The molecule has 0 spiro atoms. The van der Waals surface area contributed by atoms with E-state index in [1.807, 2.05) is 6.07 Å². The quantitative estimate of drug-likeness (QED) is 0.927. The fourth-order valence-corrected chi connectivity index (χ4v) is 3.07. The van der Waals surface area contributed by atoms with Crippen LogP contribution in [-0.2, 0) is 0 Å². The van der Waals surface area contributed by atoms with Gasteiger partial charge in [-0.3, -0.25) is 0 Å². The monoisotopic (exact) mass is 302 g/mol. The molecular formula is C14H20Cl2N2O. The summed E-state index contributed by atoms with van der Waals surface area (Å²) in [5, 5.41) is 1.14. The van der Waals surface area contributed by atoms with E-state index in [1.54, 1.807) is 6.07 Å². The standard InChI is InChI=1S/C14H20Cl2N2O/c1-3-18(4-2)7-9-8-19-14-11(13(9)17)5-10(15)6-12(14)16/h5-6,9,13H,3-4,7-8,17H2,1-2H3. The first-order chi connectivity index (χ1) is 9.06. The van der Waals surface area contributed by atoms with Crippen LogP contribution in [0.5, 0.6) is 5.75 Å². The number of benzene rings is 1. The summed E-state index contributed by atoms with van der Waals surface area (Å²) < 4.78 is 5.78. The summed E-state index contributed by atoms with van der Waals surface area (Å²) in [5.41, 5.74) is 7.28. The zero-order valence-corrected chi connectivity index (χ0v) is 12.8. The van der Waals surface area contributed by atoms with Gasteiger partial charge in [-0.25, -0.2) is 0 Å². The molecule has 0 saturated carbocycles. The molecule has 3 nitrogen and oxygen atoms in total. The number of halogens is 2. The van der Waals surface area contributed by atoms with E-state index in [9.17, 15) is 0 Å². The summed E-state index contributed by atoms with van der Waals surface area (Å²) in [7, 11) is 0. The highest BCUT2D eigenvalue weighted by Gasteiger charge is 2.30.